The molecule has 4 N–H and O–H groups in total. The third kappa shape index (κ3) is 3.61. The van der Waals surface area contributed by atoms with E-state index in [2.05, 4.69) is 5.10 Å². The molecule has 11 heteroatoms. The number of benzene rings is 2. The van der Waals surface area contributed by atoms with Crippen molar-refractivity contribution in [2.75, 3.05) is 5.73 Å². The maximum absolute atomic E-state index is 11.9. The van der Waals surface area contributed by atoms with Crippen LogP contribution >= 0.6 is 0 Å². The summed E-state index contributed by atoms with van der Waals surface area (Å²) in [5.41, 5.74) is 6.41. The summed E-state index contributed by atoms with van der Waals surface area (Å²) in [5.74, 6) is 0.190. The molecule has 0 aliphatic heterocycles. The molecule has 9 nitrogen and oxygen atoms in total. The second-order valence-corrected chi connectivity index (χ2v) is 10.1. The van der Waals surface area contributed by atoms with Crippen LogP contribution in [0.25, 0.3) is 16.5 Å². The normalized spacial score (nSPS) is 13.2. The number of nitrogens with two attached hydrogens (primary N) is 1. The summed E-state index contributed by atoms with van der Waals surface area (Å²) in [7, 11) is -9.37. The SMILES string of the molecule is CC(C)(C)c1cc(N)n(-c2cc(S(=O)(=O)O)c3cccc(S(=O)(=O)O)c3c2)n1. The van der Waals surface area contributed by atoms with Gasteiger partial charge < -0.3 is 5.73 Å². The second-order valence-electron chi connectivity index (χ2n) is 7.36. The van der Waals surface area contributed by atoms with Crippen LogP contribution in [0.4, 0.5) is 5.82 Å². The van der Waals surface area contributed by atoms with Crippen LogP contribution in [0.15, 0.2) is 46.2 Å². The van der Waals surface area contributed by atoms with Crippen molar-refractivity contribution in [1.29, 1.82) is 0 Å². The summed E-state index contributed by atoms with van der Waals surface area (Å²) >= 11 is 0. The van der Waals surface area contributed by atoms with E-state index in [-0.39, 0.29) is 27.7 Å². The molecule has 0 amide bonds. The highest BCUT2D eigenvalue weighted by Gasteiger charge is 2.24. The van der Waals surface area contributed by atoms with E-state index in [0.717, 1.165) is 12.1 Å². The standard InChI is InChI=1S/C17H19N3O6S2/c1-17(2,3)15-9-16(18)20(19-15)10-7-12-11(14(8-10)28(24,25)26)5-4-6-13(12)27(21,22)23/h4-9H,18H2,1-3H3,(H,21,22,23)(H,24,25,26). The van der Waals surface area contributed by atoms with Crippen LogP contribution in [-0.4, -0.2) is 35.7 Å². The van der Waals surface area contributed by atoms with Crippen molar-refractivity contribution >= 4 is 36.8 Å². The highest BCUT2D eigenvalue weighted by atomic mass is 32.2. The van der Waals surface area contributed by atoms with Crippen LogP contribution in [0.5, 0.6) is 0 Å². The van der Waals surface area contributed by atoms with Crippen LogP contribution in [0.1, 0.15) is 26.5 Å². The number of nitrogen functional groups attached to an aromatic ring is 1. The maximum atomic E-state index is 11.9. The molecule has 0 bridgehead atoms. The minimum atomic E-state index is -4.72. The molecule has 0 aliphatic carbocycles. The molecule has 0 radical (unpaired) electrons. The van der Waals surface area contributed by atoms with Crippen LogP contribution in [0.3, 0.4) is 0 Å². The monoisotopic (exact) mass is 425 g/mol. The van der Waals surface area contributed by atoms with Crippen LogP contribution in [-0.2, 0) is 25.7 Å². The van der Waals surface area contributed by atoms with E-state index in [9.17, 15) is 25.9 Å². The van der Waals surface area contributed by atoms with E-state index >= 15 is 0 Å². The molecule has 0 atom stereocenters. The number of hydrogen-bond acceptors (Lipinski definition) is 6. The van der Waals surface area contributed by atoms with Crippen molar-refractivity contribution in [3.8, 4) is 5.69 Å². The fraction of sp³-hybridized carbons (Fsp3) is 0.235. The predicted molar refractivity (Wildman–Crippen MR) is 104 cm³/mol. The number of anilines is 1. The Labute approximate surface area is 162 Å². The molecular weight excluding hydrogens is 406 g/mol. The molecule has 0 aliphatic rings. The zero-order valence-corrected chi connectivity index (χ0v) is 16.9. The summed E-state index contributed by atoms with van der Waals surface area (Å²) in [6, 6.07) is 7.81. The lowest BCUT2D eigenvalue weighted by molar-refractivity contribution is 0.481. The third-order valence-corrected chi connectivity index (χ3v) is 6.01. The minimum Gasteiger partial charge on any atom is -0.384 e. The van der Waals surface area contributed by atoms with Gasteiger partial charge in [0.05, 0.1) is 11.4 Å². The van der Waals surface area contributed by atoms with Gasteiger partial charge in [-0.15, -0.1) is 0 Å². The molecule has 0 spiro atoms. The Morgan fingerprint density at radius 1 is 0.929 bits per heavy atom. The van der Waals surface area contributed by atoms with Gasteiger partial charge >= 0.3 is 0 Å². The molecule has 1 aromatic heterocycles. The Bertz CT molecular complexity index is 1300. The van der Waals surface area contributed by atoms with E-state index in [4.69, 9.17) is 5.73 Å². The maximum Gasteiger partial charge on any atom is 0.295 e. The molecule has 0 unspecified atom stereocenters. The number of hydrogen-bond donors (Lipinski definition) is 3. The molecule has 3 rings (SSSR count). The number of rotatable bonds is 3. The van der Waals surface area contributed by atoms with Gasteiger partial charge in [-0.05, 0) is 18.2 Å². The summed E-state index contributed by atoms with van der Waals surface area (Å²) < 4.78 is 67.8. The second kappa shape index (κ2) is 6.27. The molecule has 2 aromatic carbocycles. The van der Waals surface area contributed by atoms with Gasteiger partial charge in [0.25, 0.3) is 20.2 Å². The van der Waals surface area contributed by atoms with Gasteiger partial charge in [-0.25, -0.2) is 4.68 Å². The molecular formula is C17H19N3O6S2. The smallest absolute Gasteiger partial charge is 0.295 e. The van der Waals surface area contributed by atoms with E-state index in [1.165, 1.54) is 22.9 Å². The summed E-state index contributed by atoms with van der Waals surface area (Å²) in [6.45, 7) is 5.75. The lowest BCUT2D eigenvalue weighted by Gasteiger charge is -2.14. The average Bonchev–Trinajstić information content (AvgIpc) is 2.93. The first-order chi connectivity index (χ1) is 12.7. The molecule has 3 aromatic rings. The third-order valence-electron chi connectivity index (χ3n) is 4.21. The summed E-state index contributed by atoms with van der Waals surface area (Å²) in [6.07, 6.45) is 0. The Kier molecular flexibility index (Phi) is 4.54. The predicted octanol–water partition coefficient (Wildman–Crippen LogP) is 2.40. The topological polar surface area (TPSA) is 153 Å². The molecule has 0 fully saturated rings. The van der Waals surface area contributed by atoms with Crippen molar-refractivity contribution in [1.82, 2.24) is 9.78 Å². The van der Waals surface area contributed by atoms with Gasteiger partial charge in [-0.3, -0.25) is 9.11 Å². The Morgan fingerprint density at radius 2 is 1.54 bits per heavy atom. The Balaban J connectivity index is 2.45. The zero-order chi connectivity index (χ0) is 21.1. The first-order valence-corrected chi connectivity index (χ1v) is 11.0. The number of nitrogens with zero attached hydrogens (tertiary/aromatic N) is 2. The van der Waals surface area contributed by atoms with Crippen LogP contribution in [0.2, 0.25) is 0 Å². The van der Waals surface area contributed by atoms with Gasteiger partial charge in [-0.2, -0.15) is 21.9 Å². The van der Waals surface area contributed by atoms with Gasteiger partial charge in [0.2, 0.25) is 0 Å². The largest absolute Gasteiger partial charge is 0.384 e. The average molecular weight is 425 g/mol. The quantitative estimate of drug-likeness (QED) is 0.541. The van der Waals surface area contributed by atoms with Crippen molar-refractivity contribution in [2.45, 2.75) is 36.0 Å². The van der Waals surface area contributed by atoms with E-state index < -0.39 is 30.0 Å². The van der Waals surface area contributed by atoms with Gasteiger partial charge in [0, 0.05) is 22.3 Å². The van der Waals surface area contributed by atoms with Crippen molar-refractivity contribution < 1.29 is 25.9 Å². The highest BCUT2D eigenvalue weighted by molar-refractivity contribution is 7.86. The van der Waals surface area contributed by atoms with Crippen molar-refractivity contribution in [3.05, 3.63) is 42.1 Å². The molecule has 1 heterocycles. The Morgan fingerprint density at radius 3 is 2.04 bits per heavy atom. The highest BCUT2D eigenvalue weighted by Crippen LogP contribution is 2.33. The fourth-order valence-corrected chi connectivity index (χ4v) is 4.26. The van der Waals surface area contributed by atoms with Crippen LogP contribution < -0.4 is 5.73 Å². The number of fused-ring (bicyclic) bond motifs is 1. The van der Waals surface area contributed by atoms with Gasteiger partial charge in [0.15, 0.2) is 0 Å². The van der Waals surface area contributed by atoms with Gasteiger partial charge in [0.1, 0.15) is 15.6 Å². The van der Waals surface area contributed by atoms with Crippen LogP contribution in [0, 0.1) is 0 Å². The molecule has 28 heavy (non-hydrogen) atoms. The molecule has 0 saturated carbocycles. The minimum absolute atomic E-state index is 0.0665. The van der Waals surface area contributed by atoms with Crippen molar-refractivity contribution in [2.24, 2.45) is 0 Å². The molecule has 150 valence electrons. The van der Waals surface area contributed by atoms with E-state index in [0.29, 0.717) is 5.69 Å². The lowest BCUT2D eigenvalue weighted by atomic mass is 9.92. The first-order valence-electron chi connectivity index (χ1n) is 8.08. The Hall–Kier alpha value is -2.47. The van der Waals surface area contributed by atoms with Gasteiger partial charge in [-0.1, -0.05) is 32.9 Å². The van der Waals surface area contributed by atoms with E-state index in [1.54, 1.807) is 6.07 Å². The fourth-order valence-electron chi connectivity index (χ4n) is 2.84. The first kappa shape index (κ1) is 20.3. The zero-order valence-electron chi connectivity index (χ0n) is 15.3. The summed E-state index contributed by atoms with van der Waals surface area (Å²) in [4.78, 5) is -1.03. The lowest BCUT2D eigenvalue weighted by Crippen LogP contribution is -2.13. The summed E-state index contributed by atoms with van der Waals surface area (Å²) in [5, 5.41) is 4.21. The van der Waals surface area contributed by atoms with E-state index in [1.807, 2.05) is 20.8 Å². The van der Waals surface area contributed by atoms with Crippen molar-refractivity contribution in [3.63, 3.8) is 0 Å². The molecule has 0 saturated heterocycles. The number of aromatic nitrogens is 2.